The Hall–Kier alpha value is -2.50. The van der Waals surface area contributed by atoms with Crippen LogP contribution in [0.2, 0.25) is 0 Å². The molecule has 0 saturated heterocycles. The van der Waals surface area contributed by atoms with Gasteiger partial charge in [-0.2, -0.15) is 4.98 Å². The van der Waals surface area contributed by atoms with E-state index in [1.54, 1.807) is 6.92 Å². The van der Waals surface area contributed by atoms with Gasteiger partial charge in [0.15, 0.2) is 5.69 Å². The largest absolute Gasteiger partial charge is 0.494 e. The quantitative estimate of drug-likeness (QED) is 0.788. The Labute approximate surface area is 123 Å². The van der Waals surface area contributed by atoms with E-state index in [1.807, 2.05) is 24.3 Å². The molecule has 0 atom stereocenters. The van der Waals surface area contributed by atoms with Crippen LogP contribution in [0.5, 0.6) is 5.75 Å². The Bertz CT molecular complexity index is 578. The molecule has 1 heterocycles. The van der Waals surface area contributed by atoms with Crippen LogP contribution in [0.25, 0.3) is 0 Å². The Morgan fingerprint density at radius 3 is 2.71 bits per heavy atom. The number of hydrogen-bond donors (Lipinski definition) is 1. The summed E-state index contributed by atoms with van der Waals surface area (Å²) in [5.41, 5.74) is 0.929. The first-order valence-corrected chi connectivity index (χ1v) is 6.85. The zero-order chi connectivity index (χ0) is 15.1. The molecule has 6 heteroatoms. The summed E-state index contributed by atoms with van der Waals surface area (Å²) in [4.78, 5) is 15.5. The third kappa shape index (κ3) is 4.24. The van der Waals surface area contributed by atoms with Gasteiger partial charge in [0.1, 0.15) is 12.0 Å². The summed E-state index contributed by atoms with van der Waals surface area (Å²) in [6, 6.07) is 7.64. The predicted octanol–water partition coefficient (Wildman–Crippen LogP) is 3.38. The van der Waals surface area contributed by atoms with E-state index in [2.05, 4.69) is 17.2 Å². The molecule has 1 aromatic carbocycles. The van der Waals surface area contributed by atoms with Crippen molar-refractivity contribution in [3.63, 3.8) is 0 Å². The van der Waals surface area contributed by atoms with Crippen molar-refractivity contribution in [1.29, 1.82) is 0 Å². The molecule has 0 aliphatic carbocycles. The Morgan fingerprint density at radius 2 is 2.05 bits per heavy atom. The fourth-order valence-corrected chi connectivity index (χ4v) is 1.61. The predicted molar refractivity (Wildman–Crippen MR) is 78.0 cm³/mol. The molecule has 2 aromatic rings. The van der Waals surface area contributed by atoms with Crippen LogP contribution in [-0.4, -0.2) is 24.2 Å². The van der Waals surface area contributed by atoms with E-state index < -0.39 is 5.97 Å². The van der Waals surface area contributed by atoms with Gasteiger partial charge >= 0.3 is 5.97 Å². The first kappa shape index (κ1) is 14.9. The number of carbonyl (C=O) groups excluding carboxylic acids is 1. The van der Waals surface area contributed by atoms with E-state index in [9.17, 15) is 4.79 Å². The van der Waals surface area contributed by atoms with Crippen LogP contribution >= 0.6 is 0 Å². The summed E-state index contributed by atoms with van der Waals surface area (Å²) >= 11 is 0. The van der Waals surface area contributed by atoms with Gasteiger partial charge in [-0.05, 0) is 37.6 Å². The molecule has 0 fully saturated rings. The van der Waals surface area contributed by atoms with Gasteiger partial charge in [0.25, 0.3) is 6.01 Å². The monoisotopic (exact) mass is 290 g/mol. The second-order valence-corrected chi connectivity index (χ2v) is 4.26. The highest BCUT2D eigenvalue weighted by Crippen LogP contribution is 2.20. The summed E-state index contributed by atoms with van der Waals surface area (Å²) < 4.78 is 15.5. The SMILES string of the molecule is CCCOc1ccc(Nc2nc(C(=O)OCC)co2)cc1. The van der Waals surface area contributed by atoms with Gasteiger partial charge in [0.2, 0.25) is 0 Å². The van der Waals surface area contributed by atoms with E-state index in [-0.39, 0.29) is 11.7 Å². The summed E-state index contributed by atoms with van der Waals surface area (Å²) in [5.74, 6) is 0.305. The summed E-state index contributed by atoms with van der Waals surface area (Å²) in [6.45, 7) is 4.78. The smallest absolute Gasteiger partial charge is 0.360 e. The van der Waals surface area contributed by atoms with Crippen molar-refractivity contribution in [2.45, 2.75) is 20.3 Å². The van der Waals surface area contributed by atoms with Crippen molar-refractivity contribution in [1.82, 2.24) is 4.98 Å². The molecule has 0 unspecified atom stereocenters. The molecule has 0 bridgehead atoms. The maximum atomic E-state index is 11.5. The molecule has 0 radical (unpaired) electrons. The number of carbonyl (C=O) groups is 1. The molecule has 2 rings (SSSR count). The second kappa shape index (κ2) is 7.33. The van der Waals surface area contributed by atoms with Gasteiger partial charge in [0, 0.05) is 5.69 Å². The van der Waals surface area contributed by atoms with E-state index in [1.165, 1.54) is 6.26 Å². The van der Waals surface area contributed by atoms with E-state index in [0.29, 0.717) is 13.2 Å². The number of nitrogens with one attached hydrogen (secondary N) is 1. The Morgan fingerprint density at radius 1 is 1.29 bits per heavy atom. The molecule has 1 N–H and O–H groups in total. The molecule has 21 heavy (non-hydrogen) atoms. The molecule has 1 aromatic heterocycles. The molecule has 0 aliphatic rings. The minimum Gasteiger partial charge on any atom is -0.494 e. The molecule has 0 spiro atoms. The number of oxazole rings is 1. The average molecular weight is 290 g/mol. The zero-order valence-corrected chi connectivity index (χ0v) is 12.1. The van der Waals surface area contributed by atoms with Crippen molar-refractivity contribution in [3.05, 3.63) is 36.2 Å². The Balaban J connectivity index is 1.96. The minimum absolute atomic E-state index is 0.141. The van der Waals surface area contributed by atoms with Crippen LogP contribution in [0.15, 0.2) is 34.9 Å². The van der Waals surface area contributed by atoms with Crippen molar-refractivity contribution >= 4 is 17.7 Å². The van der Waals surface area contributed by atoms with Gasteiger partial charge < -0.3 is 19.2 Å². The number of benzene rings is 1. The zero-order valence-electron chi connectivity index (χ0n) is 12.1. The lowest BCUT2D eigenvalue weighted by atomic mass is 10.3. The second-order valence-electron chi connectivity index (χ2n) is 4.26. The first-order chi connectivity index (χ1) is 10.2. The van der Waals surface area contributed by atoms with Gasteiger partial charge in [-0.1, -0.05) is 6.92 Å². The first-order valence-electron chi connectivity index (χ1n) is 6.85. The van der Waals surface area contributed by atoms with Crippen molar-refractivity contribution in [2.24, 2.45) is 0 Å². The molecular weight excluding hydrogens is 272 g/mol. The number of ether oxygens (including phenoxy) is 2. The van der Waals surface area contributed by atoms with Crippen LogP contribution in [0.4, 0.5) is 11.7 Å². The number of hydrogen-bond acceptors (Lipinski definition) is 6. The fraction of sp³-hybridized carbons (Fsp3) is 0.333. The number of esters is 1. The topological polar surface area (TPSA) is 73.6 Å². The normalized spacial score (nSPS) is 10.2. The molecule has 0 saturated carbocycles. The summed E-state index contributed by atoms with van der Waals surface area (Å²) in [5, 5.41) is 2.96. The number of nitrogens with zero attached hydrogens (tertiary/aromatic N) is 1. The van der Waals surface area contributed by atoms with Gasteiger partial charge in [-0.3, -0.25) is 0 Å². The van der Waals surface area contributed by atoms with Crippen LogP contribution in [-0.2, 0) is 4.74 Å². The molecule has 0 amide bonds. The van der Waals surface area contributed by atoms with E-state index >= 15 is 0 Å². The molecule has 112 valence electrons. The highest BCUT2D eigenvalue weighted by molar-refractivity contribution is 5.87. The van der Waals surface area contributed by atoms with E-state index in [0.717, 1.165) is 17.9 Å². The fourth-order valence-electron chi connectivity index (χ4n) is 1.61. The molecular formula is C15H18N2O4. The van der Waals surface area contributed by atoms with Crippen molar-refractivity contribution in [3.8, 4) is 5.75 Å². The number of aromatic nitrogens is 1. The van der Waals surface area contributed by atoms with Crippen molar-refractivity contribution < 1.29 is 18.7 Å². The van der Waals surface area contributed by atoms with Crippen LogP contribution in [0.3, 0.4) is 0 Å². The average Bonchev–Trinajstić information content (AvgIpc) is 2.95. The lowest BCUT2D eigenvalue weighted by Crippen LogP contribution is -2.04. The van der Waals surface area contributed by atoms with Crippen molar-refractivity contribution in [2.75, 3.05) is 18.5 Å². The van der Waals surface area contributed by atoms with Gasteiger partial charge in [0.05, 0.1) is 13.2 Å². The van der Waals surface area contributed by atoms with Gasteiger partial charge in [-0.25, -0.2) is 4.79 Å². The number of rotatable bonds is 7. The lowest BCUT2D eigenvalue weighted by molar-refractivity contribution is 0.0519. The Kier molecular flexibility index (Phi) is 5.20. The van der Waals surface area contributed by atoms with E-state index in [4.69, 9.17) is 13.9 Å². The maximum absolute atomic E-state index is 11.5. The summed E-state index contributed by atoms with van der Waals surface area (Å²) in [6.07, 6.45) is 2.23. The number of anilines is 2. The molecule has 0 aliphatic heterocycles. The summed E-state index contributed by atoms with van der Waals surface area (Å²) in [7, 11) is 0. The van der Waals surface area contributed by atoms with Crippen LogP contribution < -0.4 is 10.1 Å². The standard InChI is InChI=1S/C15H18N2O4/c1-3-9-20-12-7-5-11(6-8-12)16-15-17-13(10-21-15)14(18)19-4-2/h5-8,10H,3-4,9H2,1-2H3,(H,16,17). The highest BCUT2D eigenvalue weighted by Gasteiger charge is 2.13. The molecule has 6 nitrogen and oxygen atoms in total. The third-order valence-electron chi connectivity index (χ3n) is 2.57. The third-order valence-corrected chi connectivity index (χ3v) is 2.57. The maximum Gasteiger partial charge on any atom is 0.360 e. The van der Waals surface area contributed by atoms with Crippen LogP contribution in [0, 0.1) is 0 Å². The van der Waals surface area contributed by atoms with Gasteiger partial charge in [-0.15, -0.1) is 0 Å². The lowest BCUT2D eigenvalue weighted by Gasteiger charge is -2.05. The van der Waals surface area contributed by atoms with Crippen LogP contribution in [0.1, 0.15) is 30.8 Å². The highest BCUT2D eigenvalue weighted by atomic mass is 16.5. The minimum atomic E-state index is -0.502.